The molecule has 0 atom stereocenters. The van der Waals surface area contributed by atoms with Crippen LogP contribution in [0.15, 0.2) is 18.2 Å². The molecule has 1 aliphatic heterocycles. The highest BCUT2D eigenvalue weighted by Crippen LogP contribution is 2.24. The van der Waals surface area contributed by atoms with Gasteiger partial charge in [0.15, 0.2) is 0 Å². The molecule has 3 rings (SSSR count). The molecule has 1 saturated heterocycles. The Morgan fingerprint density at radius 2 is 1.96 bits per heavy atom. The first-order valence-corrected chi connectivity index (χ1v) is 8.57. The Labute approximate surface area is 142 Å². The number of ether oxygens (including phenoxy) is 1. The van der Waals surface area contributed by atoms with E-state index in [1.54, 1.807) is 4.90 Å². The maximum Gasteiger partial charge on any atom is 0.410 e. The van der Waals surface area contributed by atoms with E-state index in [4.69, 9.17) is 4.74 Å². The molecule has 1 aliphatic rings. The maximum atomic E-state index is 12.1. The molecule has 0 spiro atoms. The van der Waals surface area contributed by atoms with Gasteiger partial charge in [0.2, 0.25) is 0 Å². The lowest BCUT2D eigenvalue weighted by atomic mass is 10.1. The number of H-pyrrole nitrogens is 1. The van der Waals surface area contributed by atoms with Gasteiger partial charge in [-0.15, -0.1) is 0 Å². The Kier molecular flexibility index (Phi) is 4.39. The lowest BCUT2D eigenvalue weighted by Gasteiger charge is -2.36. The van der Waals surface area contributed by atoms with E-state index in [-0.39, 0.29) is 6.09 Å². The molecule has 0 unspecified atom stereocenters. The minimum atomic E-state index is -0.448. The lowest BCUT2D eigenvalue weighted by molar-refractivity contribution is 0.0240. The molecule has 1 N–H and O–H groups in total. The van der Waals surface area contributed by atoms with Crippen LogP contribution < -0.4 is 4.90 Å². The number of carbonyl (C=O) groups excluding carboxylic acids is 1. The zero-order valence-electron chi connectivity index (χ0n) is 14.9. The van der Waals surface area contributed by atoms with Crippen LogP contribution in [0.4, 0.5) is 10.5 Å². The van der Waals surface area contributed by atoms with Gasteiger partial charge in [0.25, 0.3) is 0 Å². The molecule has 0 aliphatic carbocycles. The normalized spacial score (nSPS) is 15.8. The standard InChI is InChI=1S/C18H26N4O2/c1-5-15-14-7-6-13(12-16(14)20-19-15)21-8-10-22(11-9-21)17(23)24-18(2,3)4/h6-7,12H,5,8-11H2,1-4H3,(H,19,20). The van der Waals surface area contributed by atoms with E-state index in [1.807, 2.05) is 20.8 Å². The number of benzene rings is 1. The highest BCUT2D eigenvalue weighted by Gasteiger charge is 2.26. The first-order valence-electron chi connectivity index (χ1n) is 8.57. The van der Waals surface area contributed by atoms with Crippen molar-refractivity contribution in [2.75, 3.05) is 31.1 Å². The first-order chi connectivity index (χ1) is 11.4. The van der Waals surface area contributed by atoms with Gasteiger partial charge < -0.3 is 14.5 Å². The molecular weight excluding hydrogens is 304 g/mol. The van der Waals surface area contributed by atoms with Crippen molar-refractivity contribution in [2.45, 2.75) is 39.7 Å². The number of hydrogen-bond donors (Lipinski definition) is 1. The molecule has 6 nitrogen and oxygen atoms in total. The molecule has 1 amide bonds. The summed E-state index contributed by atoms with van der Waals surface area (Å²) in [7, 11) is 0. The summed E-state index contributed by atoms with van der Waals surface area (Å²) in [6.45, 7) is 10.8. The molecule has 1 aromatic carbocycles. The van der Waals surface area contributed by atoms with Gasteiger partial charge in [-0.05, 0) is 45.4 Å². The number of aryl methyl sites for hydroxylation is 1. The Morgan fingerprint density at radius 1 is 1.25 bits per heavy atom. The van der Waals surface area contributed by atoms with Crippen LogP contribution in [0.25, 0.3) is 10.9 Å². The first kappa shape index (κ1) is 16.6. The second-order valence-corrected chi connectivity index (χ2v) is 7.21. The number of nitrogens with zero attached hydrogens (tertiary/aromatic N) is 3. The Bertz CT molecular complexity index is 724. The van der Waals surface area contributed by atoms with E-state index in [2.05, 4.69) is 40.2 Å². The number of rotatable bonds is 2. The van der Waals surface area contributed by atoms with Crippen molar-refractivity contribution in [1.29, 1.82) is 0 Å². The predicted octanol–water partition coefficient (Wildman–Crippen LogP) is 3.18. The highest BCUT2D eigenvalue weighted by molar-refractivity contribution is 5.84. The van der Waals surface area contributed by atoms with E-state index >= 15 is 0 Å². The number of aromatic amines is 1. The van der Waals surface area contributed by atoms with E-state index in [0.717, 1.165) is 36.4 Å². The van der Waals surface area contributed by atoms with Crippen LogP contribution in [-0.2, 0) is 11.2 Å². The van der Waals surface area contributed by atoms with E-state index in [1.165, 1.54) is 5.39 Å². The number of piperazine rings is 1. The summed E-state index contributed by atoms with van der Waals surface area (Å²) in [6, 6.07) is 6.41. The van der Waals surface area contributed by atoms with Gasteiger partial charge in [0.05, 0.1) is 11.2 Å². The lowest BCUT2D eigenvalue weighted by Crippen LogP contribution is -2.50. The average molecular weight is 330 g/mol. The van der Waals surface area contributed by atoms with Gasteiger partial charge in [0.1, 0.15) is 5.60 Å². The summed E-state index contributed by atoms with van der Waals surface area (Å²) in [5, 5.41) is 8.66. The molecule has 0 bridgehead atoms. The Hall–Kier alpha value is -2.24. The minimum absolute atomic E-state index is 0.223. The summed E-state index contributed by atoms with van der Waals surface area (Å²) in [4.78, 5) is 16.2. The fourth-order valence-electron chi connectivity index (χ4n) is 3.00. The molecular formula is C18H26N4O2. The van der Waals surface area contributed by atoms with Gasteiger partial charge in [-0.1, -0.05) is 6.92 Å². The van der Waals surface area contributed by atoms with Gasteiger partial charge >= 0.3 is 6.09 Å². The third-order valence-electron chi connectivity index (χ3n) is 4.26. The summed E-state index contributed by atoms with van der Waals surface area (Å²) in [5.41, 5.74) is 2.89. The molecule has 24 heavy (non-hydrogen) atoms. The monoisotopic (exact) mass is 330 g/mol. The molecule has 1 fully saturated rings. The third kappa shape index (κ3) is 3.47. The van der Waals surface area contributed by atoms with Crippen molar-refractivity contribution in [3.8, 4) is 0 Å². The fraction of sp³-hybridized carbons (Fsp3) is 0.556. The minimum Gasteiger partial charge on any atom is -0.444 e. The maximum absolute atomic E-state index is 12.1. The summed E-state index contributed by atoms with van der Waals surface area (Å²) >= 11 is 0. The molecule has 1 aromatic heterocycles. The van der Waals surface area contributed by atoms with Crippen LogP contribution in [0, 0.1) is 0 Å². The zero-order valence-corrected chi connectivity index (χ0v) is 14.9. The number of nitrogens with one attached hydrogen (secondary N) is 1. The van der Waals surface area contributed by atoms with Crippen LogP contribution in [0.5, 0.6) is 0 Å². The summed E-state index contributed by atoms with van der Waals surface area (Å²) < 4.78 is 5.45. The van der Waals surface area contributed by atoms with E-state index in [0.29, 0.717) is 13.1 Å². The third-order valence-corrected chi connectivity index (χ3v) is 4.26. The van der Waals surface area contributed by atoms with E-state index < -0.39 is 5.60 Å². The quantitative estimate of drug-likeness (QED) is 0.918. The van der Waals surface area contributed by atoms with Crippen LogP contribution in [0.2, 0.25) is 0 Å². The largest absolute Gasteiger partial charge is 0.444 e. The number of fused-ring (bicyclic) bond motifs is 1. The SMILES string of the molecule is CCc1n[nH]c2cc(N3CCN(C(=O)OC(C)(C)C)CC3)ccc12. The molecule has 2 aromatic rings. The van der Waals surface area contributed by atoms with Gasteiger partial charge in [-0.2, -0.15) is 5.10 Å². The predicted molar refractivity (Wildman–Crippen MR) is 95.5 cm³/mol. The van der Waals surface area contributed by atoms with Crippen molar-refractivity contribution in [2.24, 2.45) is 0 Å². The Morgan fingerprint density at radius 3 is 2.58 bits per heavy atom. The zero-order chi connectivity index (χ0) is 17.3. The summed E-state index contributed by atoms with van der Waals surface area (Å²) in [5.74, 6) is 0. The van der Waals surface area contributed by atoms with Crippen LogP contribution >= 0.6 is 0 Å². The number of anilines is 1. The van der Waals surface area contributed by atoms with Gasteiger partial charge in [0, 0.05) is 37.3 Å². The van der Waals surface area contributed by atoms with Gasteiger partial charge in [-0.25, -0.2) is 4.79 Å². The Balaban J connectivity index is 1.65. The topological polar surface area (TPSA) is 61.5 Å². The fourth-order valence-corrected chi connectivity index (χ4v) is 3.00. The molecule has 0 saturated carbocycles. The number of aromatic nitrogens is 2. The number of hydrogen-bond acceptors (Lipinski definition) is 4. The smallest absolute Gasteiger partial charge is 0.410 e. The van der Waals surface area contributed by atoms with Crippen molar-refractivity contribution in [1.82, 2.24) is 15.1 Å². The van der Waals surface area contributed by atoms with Crippen molar-refractivity contribution < 1.29 is 9.53 Å². The number of carbonyl (C=O) groups is 1. The molecule has 6 heteroatoms. The van der Waals surface area contributed by atoms with Crippen LogP contribution in [0.1, 0.15) is 33.4 Å². The second-order valence-electron chi connectivity index (χ2n) is 7.21. The molecule has 2 heterocycles. The van der Waals surface area contributed by atoms with Crippen molar-refractivity contribution in [3.05, 3.63) is 23.9 Å². The average Bonchev–Trinajstić information content (AvgIpc) is 2.95. The number of amides is 1. The second kappa shape index (κ2) is 6.34. The highest BCUT2D eigenvalue weighted by atomic mass is 16.6. The molecule has 130 valence electrons. The van der Waals surface area contributed by atoms with Crippen molar-refractivity contribution >= 4 is 22.7 Å². The van der Waals surface area contributed by atoms with Crippen molar-refractivity contribution in [3.63, 3.8) is 0 Å². The van der Waals surface area contributed by atoms with Crippen LogP contribution in [-0.4, -0.2) is 53.0 Å². The van der Waals surface area contributed by atoms with E-state index in [9.17, 15) is 4.79 Å². The molecule has 0 radical (unpaired) electrons. The van der Waals surface area contributed by atoms with Crippen LogP contribution in [0.3, 0.4) is 0 Å². The van der Waals surface area contributed by atoms with Gasteiger partial charge in [-0.3, -0.25) is 5.10 Å². The summed E-state index contributed by atoms with van der Waals surface area (Å²) in [6.07, 6.45) is 0.701.